The van der Waals surface area contributed by atoms with E-state index in [1.54, 1.807) is 24.0 Å². The van der Waals surface area contributed by atoms with Gasteiger partial charge < -0.3 is 4.90 Å². The number of amidine groups is 1. The van der Waals surface area contributed by atoms with Crippen LogP contribution in [0.2, 0.25) is 0 Å². The summed E-state index contributed by atoms with van der Waals surface area (Å²) in [5.74, 6) is -1.29. The topological polar surface area (TPSA) is 66.8 Å². The van der Waals surface area contributed by atoms with Crippen LogP contribution in [0, 0.1) is 18.6 Å². The number of nitrogens with zero attached hydrogens (tertiary/aromatic N) is 2. The molecule has 9 heteroatoms. The molecule has 2 fully saturated rings. The third kappa shape index (κ3) is 4.20. The molecule has 5 nitrogen and oxygen atoms in total. The first kappa shape index (κ1) is 20.0. The maximum absolute atomic E-state index is 14.1. The third-order valence-electron chi connectivity index (χ3n) is 4.99. The molecule has 29 heavy (non-hydrogen) atoms. The minimum Gasteiger partial charge on any atom is -0.315 e. The normalized spacial score (nSPS) is 24.1. The van der Waals surface area contributed by atoms with Gasteiger partial charge in [-0.3, -0.25) is 4.79 Å². The number of aryl methyl sites for hydroxylation is 1. The van der Waals surface area contributed by atoms with Gasteiger partial charge in [0.1, 0.15) is 11.6 Å². The second-order valence-electron chi connectivity index (χ2n) is 7.20. The molecule has 0 N–H and O–H groups in total. The molecule has 2 heterocycles. The zero-order chi connectivity index (χ0) is 20.8. The van der Waals surface area contributed by atoms with E-state index in [9.17, 15) is 22.0 Å². The molecule has 2 aliphatic heterocycles. The van der Waals surface area contributed by atoms with Crippen LogP contribution in [0.5, 0.6) is 0 Å². The van der Waals surface area contributed by atoms with Gasteiger partial charge in [0.15, 0.2) is 15.0 Å². The van der Waals surface area contributed by atoms with Crippen molar-refractivity contribution in [3.8, 4) is 0 Å². The number of carbonyl (C=O) groups is 1. The number of amides is 1. The second-order valence-corrected chi connectivity index (χ2v) is 10.6. The Bertz CT molecular complexity index is 1100. The maximum atomic E-state index is 14.1. The van der Waals surface area contributed by atoms with Gasteiger partial charge in [-0.15, -0.1) is 0 Å². The van der Waals surface area contributed by atoms with Crippen LogP contribution in [0.3, 0.4) is 0 Å². The first-order chi connectivity index (χ1) is 13.7. The van der Waals surface area contributed by atoms with Crippen LogP contribution in [-0.2, 0) is 21.1 Å². The lowest BCUT2D eigenvalue weighted by Crippen LogP contribution is -2.37. The fourth-order valence-corrected chi connectivity index (χ4v) is 7.45. The first-order valence-corrected chi connectivity index (χ1v) is 11.7. The number of anilines is 1. The van der Waals surface area contributed by atoms with Crippen molar-refractivity contribution in [2.75, 3.05) is 16.4 Å². The van der Waals surface area contributed by atoms with Crippen molar-refractivity contribution in [1.82, 2.24) is 0 Å². The van der Waals surface area contributed by atoms with E-state index in [4.69, 9.17) is 0 Å². The number of sulfone groups is 1. The van der Waals surface area contributed by atoms with Gasteiger partial charge in [-0.1, -0.05) is 30.0 Å². The second kappa shape index (κ2) is 7.53. The highest BCUT2D eigenvalue weighted by molar-refractivity contribution is 8.16. The van der Waals surface area contributed by atoms with Gasteiger partial charge in [-0.25, -0.2) is 17.2 Å². The van der Waals surface area contributed by atoms with Crippen molar-refractivity contribution in [1.29, 1.82) is 0 Å². The summed E-state index contributed by atoms with van der Waals surface area (Å²) in [5.41, 5.74) is 1.57. The van der Waals surface area contributed by atoms with Crippen LogP contribution >= 0.6 is 11.8 Å². The highest BCUT2D eigenvalue weighted by Crippen LogP contribution is 2.41. The average molecular weight is 437 g/mol. The molecule has 0 aromatic heterocycles. The van der Waals surface area contributed by atoms with Crippen LogP contribution < -0.4 is 4.90 Å². The quantitative estimate of drug-likeness (QED) is 0.740. The molecular formula is C20H18F2N2O3S2. The standard InChI is InChI=1S/C20H18F2N2O3S2/c1-12-2-7-15(9-16(12)22)24-17-10-29(26,27)11-18(17)28-20(24)23-19(25)8-13-3-5-14(21)6-4-13/h2-7,9,17-18H,8,10-11H2,1H3/t17-,18-/m0/s1. The van der Waals surface area contributed by atoms with E-state index in [-0.39, 0.29) is 29.0 Å². The molecule has 2 aromatic carbocycles. The molecule has 2 aliphatic rings. The van der Waals surface area contributed by atoms with Gasteiger partial charge in [0.25, 0.3) is 5.91 Å². The highest BCUT2D eigenvalue weighted by Gasteiger charge is 2.49. The third-order valence-corrected chi connectivity index (χ3v) is 8.20. The fraction of sp³-hybridized carbons (Fsp3) is 0.300. The minimum absolute atomic E-state index is 0.00164. The van der Waals surface area contributed by atoms with Gasteiger partial charge in [-0.2, -0.15) is 4.99 Å². The van der Waals surface area contributed by atoms with Gasteiger partial charge in [0, 0.05) is 10.9 Å². The zero-order valence-corrected chi connectivity index (χ0v) is 17.1. The summed E-state index contributed by atoms with van der Waals surface area (Å²) in [4.78, 5) is 18.3. The number of thioether (sulfide) groups is 1. The Balaban J connectivity index is 1.65. The number of halogens is 2. The van der Waals surface area contributed by atoms with E-state index in [0.29, 0.717) is 22.0 Å². The maximum Gasteiger partial charge on any atom is 0.252 e. The molecule has 2 saturated heterocycles. The van der Waals surface area contributed by atoms with Crippen LogP contribution in [0.15, 0.2) is 47.5 Å². The Kier molecular flexibility index (Phi) is 5.20. The molecule has 0 saturated carbocycles. The Morgan fingerprint density at radius 3 is 2.59 bits per heavy atom. The van der Waals surface area contributed by atoms with Crippen molar-refractivity contribution in [3.63, 3.8) is 0 Å². The first-order valence-electron chi connectivity index (χ1n) is 9.00. The lowest BCUT2D eigenvalue weighted by atomic mass is 10.1. The monoisotopic (exact) mass is 436 g/mol. The molecule has 0 bridgehead atoms. The van der Waals surface area contributed by atoms with E-state index in [0.717, 1.165) is 0 Å². The number of benzene rings is 2. The van der Waals surface area contributed by atoms with Crippen molar-refractivity contribution in [2.45, 2.75) is 24.6 Å². The Labute approximate surface area is 171 Å². The number of fused-ring (bicyclic) bond motifs is 1. The van der Waals surface area contributed by atoms with Crippen molar-refractivity contribution in [3.05, 3.63) is 65.2 Å². The summed E-state index contributed by atoms with van der Waals surface area (Å²) < 4.78 is 51.4. The summed E-state index contributed by atoms with van der Waals surface area (Å²) >= 11 is 1.23. The smallest absolute Gasteiger partial charge is 0.252 e. The van der Waals surface area contributed by atoms with E-state index < -0.39 is 27.6 Å². The molecule has 152 valence electrons. The largest absolute Gasteiger partial charge is 0.315 e. The van der Waals surface area contributed by atoms with E-state index in [1.807, 2.05) is 0 Å². The van der Waals surface area contributed by atoms with Crippen molar-refractivity contribution >= 4 is 38.4 Å². The summed E-state index contributed by atoms with van der Waals surface area (Å²) in [5, 5.41) is 0.104. The van der Waals surface area contributed by atoms with E-state index in [2.05, 4.69) is 4.99 Å². The number of hydrogen-bond donors (Lipinski definition) is 0. The number of rotatable bonds is 3. The molecular weight excluding hydrogens is 418 g/mol. The lowest BCUT2D eigenvalue weighted by molar-refractivity contribution is -0.117. The van der Waals surface area contributed by atoms with Crippen molar-refractivity contribution < 1.29 is 22.0 Å². The summed E-state index contributed by atoms with van der Waals surface area (Å²) in [6, 6.07) is 9.84. The van der Waals surface area contributed by atoms with Gasteiger partial charge in [0.05, 0.1) is 24.0 Å². The van der Waals surface area contributed by atoms with E-state index >= 15 is 0 Å². The molecule has 0 spiro atoms. The predicted molar refractivity (Wildman–Crippen MR) is 110 cm³/mol. The highest BCUT2D eigenvalue weighted by atomic mass is 32.2. The number of aliphatic imine (C=N–C) groups is 1. The van der Waals surface area contributed by atoms with Crippen molar-refractivity contribution in [2.24, 2.45) is 4.99 Å². The molecule has 1 amide bonds. The summed E-state index contributed by atoms with van der Waals surface area (Å²) in [6.07, 6.45) is -0.00588. The fourth-order valence-electron chi connectivity index (χ4n) is 3.52. The average Bonchev–Trinajstić information content (AvgIpc) is 3.10. The molecule has 2 atom stereocenters. The SMILES string of the molecule is Cc1ccc(N2C(=NC(=O)Cc3ccc(F)cc3)S[C@H]3CS(=O)(=O)C[C@@H]32)cc1F. The molecule has 2 aromatic rings. The molecule has 0 radical (unpaired) electrons. The number of carbonyl (C=O) groups excluding carboxylic acids is 1. The van der Waals surface area contributed by atoms with Crippen LogP contribution in [0.1, 0.15) is 11.1 Å². The Hall–Kier alpha value is -2.26. The molecule has 0 aliphatic carbocycles. The van der Waals surface area contributed by atoms with Gasteiger partial charge in [-0.05, 0) is 42.3 Å². The summed E-state index contributed by atoms with van der Waals surface area (Å²) in [7, 11) is -3.20. The van der Waals surface area contributed by atoms with Crippen LogP contribution in [0.4, 0.5) is 14.5 Å². The van der Waals surface area contributed by atoms with Crippen LogP contribution in [0.25, 0.3) is 0 Å². The Morgan fingerprint density at radius 1 is 1.17 bits per heavy atom. The van der Waals surface area contributed by atoms with Gasteiger partial charge in [0.2, 0.25) is 0 Å². The zero-order valence-electron chi connectivity index (χ0n) is 15.5. The van der Waals surface area contributed by atoms with Gasteiger partial charge >= 0.3 is 0 Å². The summed E-state index contributed by atoms with van der Waals surface area (Å²) in [6.45, 7) is 1.64. The molecule has 0 unspecified atom stereocenters. The van der Waals surface area contributed by atoms with Crippen LogP contribution in [-0.4, -0.2) is 42.3 Å². The van der Waals surface area contributed by atoms with E-state index in [1.165, 1.54) is 42.1 Å². The lowest BCUT2D eigenvalue weighted by Gasteiger charge is -2.24. The molecule has 4 rings (SSSR count). The Morgan fingerprint density at radius 2 is 1.90 bits per heavy atom. The minimum atomic E-state index is -3.20. The number of hydrogen-bond acceptors (Lipinski definition) is 4. The predicted octanol–water partition coefficient (Wildman–Crippen LogP) is 3.12.